The van der Waals surface area contributed by atoms with Crippen molar-refractivity contribution >= 4 is 6.16 Å². The highest BCUT2D eigenvalue weighted by Gasteiger charge is 2.47. The van der Waals surface area contributed by atoms with Crippen LogP contribution in [-0.2, 0) is 16.1 Å². The first-order valence-corrected chi connectivity index (χ1v) is 8.08. The van der Waals surface area contributed by atoms with Crippen LogP contribution in [0.15, 0.2) is 30.3 Å². The molecule has 2 saturated heterocycles. The van der Waals surface area contributed by atoms with E-state index < -0.39 is 6.16 Å². The van der Waals surface area contributed by atoms with Gasteiger partial charge in [0.25, 0.3) is 0 Å². The molecule has 0 aliphatic carbocycles. The molecular formula is C17H24N2O3. The molecule has 0 radical (unpaired) electrons. The highest BCUT2D eigenvalue weighted by Crippen LogP contribution is 2.36. The van der Waals surface area contributed by atoms with Gasteiger partial charge in [-0.05, 0) is 38.3 Å². The molecule has 3 atom stereocenters. The molecule has 2 aliphatic heterocycles. The predicted octanol–water partition coefficient (Wildman–Crippen LogP) is 2.67. The molecule has 2 aliphatic rings. The van der Waals surface area contributed by atoms with Crippen molar-refractivity contribution in [2.45, 2.75) is 38.9 Å². The smallest absolute Gasteiger partial charge is 0.433 e. The van der Waals surface area contributed by atoms with E-state index in [0.29, 0.717) is 18.6 Å². The Labute approximate surface area is 131 Å². The molecule has 1 aromatic carbocycles. The van der Waals surface area contributed by atoms with Crippen LogP contribution in [0.2, 0.25) is 0 Å². The minimum absolute atomic E-state index is 0.195. The first-order chi connectivity index (χ1) is 10.7. The third-order valence-electron chi connectivity index (χ3n) is 4.74. The number of carbonyl (C=O) groups is 1. The van der Waals surface area contributed by atoms with E-state index in [-0.39, 0.29) is 6.04 Å². The van der Waals surface area contributed by atoms with Crippen molar-refractivity contribution in [3.63, 3.8) is 0 Å². The van der Waals surface area contributed by atoms with Crippen molar-refractivity contribution in [2.75, 3.05) is 19.7 Å². The molecule has 22 heavy (non-hydrogen) atoms. The third kappa shape index (κ3) is 3.10. The summed E-state index contributed by atoms with van der Waals surface area (Å²) >= 11 is 0. The Balaban J connectivity index is 1.62. The third-order valence-corrected chi connectivity index (χ3v) is 4.74. The number of carbonyl (C=O) groups excluding carboxylic acids is 1. The van der Waals surface area contributed by atoms with Gasteiger partial charge in [0.2, 0.25) is 0 Å². The fourth-order valence-corrected chi connectivity index (χ4v) is 3.78. The fraction of sp³-hybridized carbons (Fsp3) is 0.588. The number of ether oxygens (including phenoxy) is 1. The normalized spacial score (nSPS) is 28.5. The van der Waals surface area contributed by atoms with Crippen LogP contribution in [-0.4, -0.2) is 47.9 Å². The molecule has 3 unspecified atom stereocenters. The number of fused-ring (bicyclic) bond motifs is 1. The van der Waals surface area contributed by atoms with Crippen molar-refractivity contribution in [1.29, 1.82) is 0 Å². The van der Waals surface area contributed by atoms with Crippen molar-refractivity contribution in [1.82, 2.24) is 9.96 Å². The van der Waals surface area contributed by atoms with E-state index in [0.717, 1.165) is 26.1 Å². The van der Waals surface area contributed by atoms with Gasteiger partial charge in [-0.3, -0.25) is 4.90 Å². The van der Waals surface area contributed by atoms with Gasteiger partial charge in [0.05, 0.1) is 12.6 Å². The first-order valence-electron chi connectivity index (χ1n) is 8.08. The van der Waals surface area contributed by atoms with Crippen LogP contribution in [0.4, 0.5) is 4.79 Å². The van der Waals surface area contributed by atoms with Gasteiger partial charge in [0.1, 0.15) is 0 Å². The average Bonchev–Trinajstić information content (AvgIpc) is 3.03. The van der Waals surface area contributed by atoms with Crippen molar-refractivity contribution in [3.8, 4) is 0 Å². The summed E-state index contributed by atoms with van der Waals surface area (Å²) in [7, 11) is 0. The van der Waals surface area contributed by atoms with E-state index in [4.69, 9.17) is 9.57 Å². The monoisotopic (exact) mass is 304 g/mol. The minimum atomic E-state index is -0.594. The second-order valence-electron chi connectivity index (χ2n) is 6.11. The Morgan fingerprint density at radius 2 is 2.09 bits per heavy atom. The van der Waals surface area contributed by atoms with Crippen LogP contribution in [0, 0.1) is 5.92 Å². The lowest BCUT2D eigenvalue weighted by Crippen LogP contribution is -2.42. The lowest BCUT2D eigenvalue weighted by atomic mass is 10.0. The standard InChI is InChI=1S/C17H24N2O3/c1-3-21-17(20)22-19-12-15-9-10-18(16(15)13(19)2)11-14-7-5-4-6-8-14/h4-8,13,15-16H,3,9-12H2,1-2H3. The maximum atomic E-state index is 11.5. The van der Waals surface area contributed by atoms with Crippen LogP contribution in [0.5, 0.6) is 0 Å². The maximum Gasteiger partial charge on any atom is 0.527 e. The molecule has 0 aromatic heterocycles. The lowest BCUT2D eigenvalue weighted by molar-refractivity contribution is -0.140. The largest absolute Gasteiger partial charge is 0.527 e. The van der Waals surface area contributed by atoms with Gasteiger partial charge in [-0.2, -0.15) is 0 Å². The zero-order valence-corrected chi connectivity index (χ0v) is 13.3. The number of hydroxylamine groups is 2. The molecule has 0 saturated carbocycles. The number of likely N-dealkylation sites (tertiary alicyclic amines) is 1. The first kappa shape index (κ1) is 15.3. The molecule has 3 rings (SSSR count). The van der Waals surface area contributed by atoms with Gasteiger partial charge in [0, 0.05) is 19.1 Å². The number of rotatable bonds is 4. The molecule has 2 heterocycles. The van der Waals surface area contributed by atoms with Crippen LogP contribution in [0.1, 0.15) is 25.8 Å². The SMILES string of the molecule is CCOC(=O)ON1CC2CCN(Cc3ccccc3)C2C1C. The maximum absolute atomic E-state index is 11.5. The van der Waals surface area contributed by atoms with Gasteiger partial charge in [-0.1, -0.05) is 30.3 Å². The summed E-state index contributed by atoms with van der Waals surface area (Å²) in [6.07, 6.45) is 0.564. The summed E-state index contributed by atoms with van der Waals surface area (Å²) in [6, 6.07) is 11.2. The lowest BCUT2D eigenvalue weighted by Gasteiger charge is -2.29. The van der Waals surface area contributed by atoms with Gasteiger partial charge < -0.3 is 9.57 Å². The molecule has 0 bridgehead atoms. The molecule has 5 heteroatoms. The van der Waals surface area contributed by atoms with Crippen LogP contribution in [0.3, 0.4) is 0 Å². The zero-order chi connectivity index (χ0) is 15.5. The average molecular weight is 304 g/mol. The molecule has 120 valence electrons. The van der Waals surface area contributed by atoms with Gasteiger partial charge in [0.15, 0.2) is 0 Å². The van der Waals surface area contributed by atoms with Crippen LogP contribution >= 0.6 is 0 Å². The van der Waals surface area contributed by atoms with E-state index in [1.807, 2.05) is 6.07 Å². The molecule has 0 amide bonds. The quantitative estimate of drug-likeness (QED) is 0.800. The summed E-state index contributed by atoms with van der Waals surface area (Å²) in [5.41, 5.74) is 1.33. The van der Waals surface area contributed by atoms with E-state index in [1.165, 1.54) is 5.56 Å². The fourth-order valence-electron chi connectivity index (χ4n) is 3.78. The second kappa shape index (κ2) is 6.67. The molecular weight excluding hydrogens is 280 g/mol. The van der Waals surface area contributed by atoms with E-state index in [2.05, 4.69) is 36.1 Å². The highest BCUT2D eigenvalue weighted by atomic mass is 16.8. The molecule has 5 nitrogen and oxygen atoms in total. The van der Waals surface area contributed by atoms with Gasteiger partial charge >= 0.3 is 6.16 Å². The Kier molecular flexibility index (Phi) is 4.64. The Morgan fingerprint density at radius 1 is 1.32 bits per heavy atom. The Bertz CT molecular complexity index is 508. The topological polar surface area (TPSA) is 42.0 Å². The summed E-state index contributed by atoms with van der Waals surface area (Å²) in [4.78, 5) is 19.4. The van der Waals surface area contributed by atoms with E-state index in [1.54, 1.807) is 12.0 Å². The number of hydrogen-bond donors (Lipinski definition) is 0. The van der Waals surface area contributed by atoms with Crippen molar-refractivity contribution in [3.05, 3.63) is 35.9 Å². The summed E-state index contributed by atoms with van der Waals surface area (Å²) in [5, 5.41) is 1.80. The highest BCUT2D eigenvalue weighted by molar-refractivity contribution is 5.59. The molecule has 1 aromatic rings. The Hall–Kier alpha value is -1.59. The van der Waals surface area contributed by atoms with E-state index >= 15 is 0 Å². The number of nitrogens with zero attached hydrogens (tertiary/aromatic N) is 2. The molecule has 0 spiro atoms. The summed E-state index contributed by atoms with van der Waals surface area (Å²) in [6.45, 7) is 7.13. The van der Waals surface area contributed by atoms with E-state index in [9.17, 15) is 4.79 Å². The number of hydrogen-bond acceptors (Lipinski definition) is 5. The number of benzene rings is 1. The predicted molar refractivity (Wildman–Crippen MR) is 83.0 cm³/mol. The van der Waals surface area contributed by atoms with Gasteiger partial charge in [-0.15, -0.1) is 5.06 Å². The summed E-state index contributed by atoms with van der Waals surface area (Å²) in [5.74, 6) is 0.563. The molecule has 2 fully saturated rings. The van der Waals surface area contributed by atoms with Crippen LogP contribution < -0.4 is 0 Å². The molecule has 0 N–H and O–H groups in total. The Morgan fingerprint density at radius 3 is 2.82 bits per heavy atom. The second-order valence-corrected chi connectivity index (χ2v) is 6.11. The van der Waals surface area contributed by atoms with Gasteiger partial charge in [-0.25, -0.2) is 4.79 Å². The minimum Gasteiger partial charge on any atom is -0.433 e. The van der Waals surface area contributed by atoms with Crippen molar-refractivity contribution in [2.24, 2.45) is 5.92 Å². The van der Waals surface area contributed by atoms with Crippen LogP contribution in [0.25, 0.3) is 0 Å². The summed E-state index contributed by atoms with van der Waals surface area (Å²) < 4.78 is 4.88. The van der Waals surface area contributed by atoms with Crippen molar-refractivity contribution < 1.29 is 14.4 Å². The zero-order valence-electron chi connectivity index (χ0n) is 13.3.